The van der Waals surface area contributed by atoms with Crippen LogP contribution in [-0.2, 0) is 0 Å². The van der Waals surface area contributed by atoms with Crippen molar-refractivity contribution in [1.82, 2.24) is 20.3 Å². The largest absolute Gasteiger partial charge is 0.349 e. The minimum atomic E-state index is -0.355. The van der Waals surface area contributed by atoms with Gasteiger partial charge in [0.05, 0.1) is 11.9 Å². The summed E-state index contributed by atoms with van der Waals surface area (Å²) in [5.41, 5.74) is 2.22. The van der Waals surface area contributed by atoms with E-state index in [0.29, 0.717) is 11.3 Å². The van der Waals surface area contributed by atoms with Crippen molar-refractivity contribution in [3.63, 3.8) is 0 Å². The fraction of sp³-hybridized carbons (Fsp3) is 0.273. The van der Waals surface area contributed by atoms with Gasteiger partial charge in [-0.05, 0) is 49.2 Å². The highest BCUT2D eigenvalue weighted by atomic mass is 16.2. The van der Waals surface area contributed by atoms with Crippen molar-refractivity contribution in [2.24, 2.45) is 0 Å². The van der Waals surface area contributed by atoms with E-state index >= 15 is 0 Å². The maximum Gasteiger partial charge on any atom is 0.277 e. The zero-order chi connectivity index (χ0) is 20.1. The average Bonchev–Trinajstić information content (AvgIpc) is 3.26. The SMILES string of the molecule is O=C(NC1CCCCC1)c1ccc(NC(=O)c2cn(-c3ccccc3)nn2)cc1. The van der Waals surface area contributed by atoms with Crippen LogP contribution in [0.4, 0.5) is 5.69 Å². The zero-order valence-corrected chi connectivity index (χ0v) is 16.0. The Labute approximate surface area is 169 Å². The van der Waals surface area contributed by atoms with Crippen LogP contribution in [0.25, 0.3) is 5.69 Å². The summed E-state index contributed by atoms with van der Waals surface area (Å²) in [6.45, 7) is 0. The summed E-state index contributed by atoms with van der Waals surface area (Å²) in [5.74, 6) is -0.424. The van der Waals surface area contributed by atoms with Gasteiger partial charge in [-0.15, -0.1) is 5.10 Å². The van der Waals surface area contributed by atoms with Crippen molar-refractivity contribution >= 4 is 17.5 Å². The predicted octanol–water partition coefficient (Wildman–Crippen LogP) is 3.58. The second-order valence-electron chi connectivity index (χ2n) is 7.22. The summed E-state index contributed by atoms with van der Waals surface area (Å²) in [7, 11) is 0. The number of para-hydroxylation sites is 1. The van der Waals surface area contributed by atoms with Crippen molar-refractivity contribution in [2.45, 2.75) is 38.1 Å². The van der Waals surface area contributed by atoms with E-state index in [-0.39, 0.29) is 23.6 Å². The van der Waals surface area contributed by atoms with E-state index in [1.807, 2.05) is 30.3 Å². The molecule has 4 rings (SSSR count). The van der Waals surface area contributed by atoms with Gasteiger partial charge >= 0.3 is 0 Å². The van der Waals surface area contributed by atoms with Crippen LogP contribution in [-0.4, -0.2) is 32.9 Å². The van der Waals surface area contributed by atoms with Gasteiger partial charge in [-0.25, -0.2) is 4.68 Å². The van der Waals surface area contributed by atoms with Crippen molar-refractivity contribution in [3.8, 4) is 5.69 Å². The number of benzene rings is 2. The molecular weight excluding hydrogens is 366 g/mol. The molecule has 2 N–H and O–H groups in total. The highest BCUT2D eigenvalue weighted by Crippen LogP contribution is 2.18. The van der Waals surface area contributed by atoms with Crippen molar-refractivity contribution in [2.75, 3.05) is 5.32 Å². The number of rotatable bonds is 5. The van der Waals surface area contributed by atoms with Crippen LogP contribution in [0.15, 0.2) is 60.8 Å². The summed E-state index contributed by atoms with van der Waals surface area (Å²) < 4.78 is 1.55. The molecule has 0 radical (unpaired) electrons. The quantitative estimate of drug-likeness (QED) is 0.698. The third-order valence-electron chi connectivity index (χ3n) is 5.09. The predicted molar refractivity (Wildman–Crippen MR) is 110 cm³/mol. The minimum Gasteiger partial charge on any atom is -0.349 e. The monoisotopic (exact) mass is 389 g/mol. The van der Waals surface area contributed by atoms with E-state index in [0.717, 1.165) is 18.5 Å². The van der Waals surface area contributed by atoms with Gasteiger partial charge in [0.15, 0.2) is 5.69 Å². The number of hydrogen-bond acceptors (Lipinski definition) is 4. The fourth-order valence-corrected chi connectivity index (χ4v) is 3.49. The van der Waals surface area contributed by atoms with Gasteiger partial charge in [0.2, 0.25) is 0 Å². The molecule has 2 amide bonds. The molecule has 1 fully saturated rings. The minimum absolute atomic E-state index is 0.0689. The molecule has 0 unspecified atom stereocenters. The normalized spacial score (nSPS) is 14.3. The first kappa shape index (κ1) is 18.9. The first-order chi connectivity index (χ1) is 14.2. The summed E-state index contributed by atoms with van der Waals surface area (Å²) in [4.78, 5) is 24.8. The lowest BCUT2D eigenvalue weighted by molar-refractivity contribution is 0.0927. The zero-order valence-electron chi connectivity index (χ0n) is 16.0. The summed E-state index contributed by atoms with van der Waals surface area (Å²) >= 11 is 0. The summed E-state index contributed by atoms with van der Waals surface area (Å²) in [6, 6.07) is 16.6. The first-order valence-electron chi connectivity index (χ1n) is 9.89. The van der Waals surface area contributed by atoms with Gasteiger partial charge in [-0.2, -0.15) is 0 Å². The molecule has 0 bridgehead atoms. The van der Waals surface area contributed by atoms with E-state index in [9.17, 15) is 9.59 Å². The van der Waals surface area contributed by atoms with E-state index in [4.69, 9.17) is 0 Å². The maximum absolute atomic E-state index is 12.4. The Kier molecular flexibility index (Phi) is 5.65. The van der Waals surface area contributed by atoms with Crippen LogP contribution in [0.2, 0.25) is 0 Å². The molecule has 0 spiro atoms. The Bertz CT molecular complexity index is 976. The maximum atomic E-state index is 12.4. The molecule has 7 nitrogen and oxygen atoms in total. The molecule has 1 aromatic heterocycles. The molecule has 7 heteroatoms. The van der Waals surface area contributed by atoms with Gasteiger partial charge in [0.25, 0.3) is 11.8 Å². The number of carbonyl (C=O) groups excluding carboxylic acids is 2. The number of anilines is 1. The first-order valence-corrected chi connectivity index (χ1v) is 9.89. The number of nitrogens with one attached hydrogen (secondary N) is 2. The second-order valence-corrected chi connectivity index (χ2v) is 7.22. The Hall–Kier alpha value is -3.48. The lowest BCUT2D eigenvalue weighted by Crippen LogP contribution is -2.36. The summed E-state index contributed by atoms with van der Waals surface area (Å²) in [5, 5.41) is 13.8. The van der Waals surface area contributed by atoms with E-state index in [1.165, 1.54) is 19.3 Å². The van der Waals surface area contributed by atoms with Crippen LogP contribution >= 0.6 is 0 Å². The lowest BCUT2D eigenvalue weighted by Gasteiger charge is -2.22. The van der Waals surface area contributed by atoms with Crippen LogP contribution in [0.5, 0.6) is 0 Å². The number of hydrogen-bond donors (Lipinski definition) is 2. The van der Waals surface area contributed by atoms with E-state index in [2.05, 4.69) is 20.9 Å². The Morgan fingerprint density at radius 3 is 2.34 bits per heavy atom. The fourth-order valence-electron chi connectivity index (χ4n) is 3.49. The molecule has 1 saturated carbocycles. The van der Waals surface area contributed by atoms with Crippen molar-refractivity contribution in [1.29, 1.82) is 0 Å². The van der Waals surface area contributed by atoms with Gasteiger partial charge in [0.1, 0.15) is 0 Å². The molecule has 1 heterocycles. The number of amides is 2. The highest BCUT2D eigenvalue weighted by molar-refractivity contribution is 6.03. The molecule has 0 atom stereocenters. The number of carbonyl (C=O) groups is 2. The van der Waals surface area contributed by atoms with Crippen molar-refractivity contribution in [3.05, 3.63) is 72.1 Å². The van der Waals surface area contributed by atoms with Crippen LogP contribution in [0.1, 0.15) is 53.0 Å². The average molecular weight is 389 g/mol. The molecular formula is C22H23N5O2. The summed E-state index contributed by atoms with van der Waals surface area (Å²) in [6.07, 6.45) is 7.26. The van der Waals surface area contributed by atoms with Gasteiger partial charge < -0.3 is 10.6 Å². The van der Waals surface area contributed by atoms with E-state index in [1.54, 1.807) is 35.1 Å². The molecule has 0 saturated heterocycles. The molecule has 148 valence electrons. The Balaban J connectivity index is 1.36. The second kappa shape index (κ2) is 8.68. The van der Waals surface area contributed by atoms with Crippen molar-refractivity contribution < 1.29 is 9.59 Å². The highest BCUT2D eigenvalue weighted by Gasteiger charge is 2.17. The van der Waals surface area contributed by atoms with Gasteiger partial charge in [-0.3, -0.25) is 9.59 Å². The third-order valence-corrected chi connectivity index (χ3v) is 5.09. The molecule has 2 aromatic carbocycles. The lowest BCUT2D eigenvalue weighted by atomic mass is 9.95. The Morgan fingerprint density at radius 2 is 1.62 bits per heavy atom. The van der Waals surface area contributed by atoms with Gasteiger partial charge in [0, 0.05) is 17.3 Å². The number of aromatic nitrogens is 3. The van der Waals surface area contributed by atoms with E-state index < -0.39 is 0 Å². The standard InChI is InChI=1S/C22H23N5O2/c28-21(23-17-7-3-1-4-8-17)16-11-13-18(14-12-16)24-22(29)20-15-27(26-25-20)19-9-5-2-6-10-19/h2,5-6,9-15,17H,1,3-4,7-8H2,(H,23,28)(H,24,29). The molecule has 3 aromatic rings. The number of nitrogens with zero attached hydrogens (tertiary/aromatic N) is 3. The van der Waals surface area contributed by atoms with Crippen LogP contribution in [0.3, 0.4) is 0 Å². The smallest absolute Gasteiger partial charge is 0.277 e. The van der Waals surface area contributed by atoms with Gasteiger partial charge in [-0.1, -0.05) is 42.7 Å². The third kappa shape index (κ3) is 4.68. The topological polar surface area (TPSA) is 88.9 Å². The van der Waals surface area contributed by atoms with Crippen LogP contribution in [0, 0.1) is 0 Å². The van der Waals surface area contributed by atoms with Crippen LogP contribution < -0.4 is 10.6 Å². The molecule has 29 heavy (non-hydrogen) atoms. The Morgan fingerprint density at radius 1 is 0.897 bits per heavy atom. The molecule has 1 aliphatic rings. The molecule has 1 aliphatic carbocycles. The molecule has 0 aliphatic heterocycles.